The third kappa shape index (κ3) is 2.32. The molecule has 1 aromatic carbocycles. The molecule has 0 unspecified atom stereocenters. The molecular weight excluding hydrogens is 156 g/mol. The lowest BCUT2D eigenvalue weighted by molar-refractivity contribution is 1.12. The first-order chi connectivity index (χ1) is 6.29. The van der Waals surface area contributed by atoms with Crippen LogP contribution >= 0.6 is 0 Å². The van der Waals surface area contributed by atoms with E-state index < -0.39 is 0 Å². The van der Waals surface area contributed by atoms with Crippen LogP contribution in [-0.4, -0.2) is 0 Å². The molecule has 0 bridgehead atoms. The molecule has 0 N–H and O–H groups in total. The van der Waals surface area contributed by atoms with E-state index >= 15 is 0 Å². The largest absolute Gasteiger partial charge is 0.0991 e. The number of allylic oxidation sites excluding steroid dienone is 2. The molecule has 1 rings (SSSR count). The van der Waals surface area contributed by atoms with Gasteiger partial charge >= 0.3 is 0 Å². The van der Waals surface area contributed by atoms with Gasteiger partial charge in [0.2, 0.25) is 0 Å². The molecule has 0 heterocycles. The van der Waals surface area contributed by atoms with E-state index in [-0.39, 0.29) is 0 Å². The molecule has 0 saturated carbocycles. The average Bonchev–Trinajstić information content (AvgIpc) is 2.15. The summed E-state index contributed by atoms with van der Waals surface area (Å²) in [6.45, 7) is 8.00. The zero-order valence-electron chi connectivity index (χ0n) is 8.38. The Kier molecular flexibility index (Phi) is 3.51. The minimum Gasteiger partial charge on any atom is -0.0991 e. The van der Waals surface area contributed by atoms with Gasteiger partial charge in [0, 0.05) is 0 Å². The molecular formula is C13H16. The topological polar surface area (TPSA) is 0 Å². The Hall–Kier alpha value is -1.30. The predicted molar refractivity (Wildman–Crippen MR) is 59.8 cm³/mol. The highest BCUT2D eigenvalue weighted by Gasteiger charge is 1.98. The van der Waals surface area contributed by atoms with E-state index in [1.807, 2.05) is 12.2 Å². The van der Waals surface area contributed by atoms with Crippen LogP contribution in [0.2, 0.25) is 0 Å². The zero-order chi connectivity index (χ0) is 9.68. The van der Waals surface area contributed by atoms with Gasteiger partial charge in [0.15, 0.2) is 0 Å². The van der Waals surface area contributed by atoms with Crippen LogP contribution in [0.5, 0.6) is 0 Å². The van der Waals surface area contributed by atoms with Gasteiger partial charge in [-0.3, -0.25) is 0 Å². The summed E-state index contributed by atoms with van der Waals surface area (Å²) in [7, 11) is 0. The maximum absolute atomic E-state index is 3.67. The summed E-state index contributed by atoms with van der Waals surface area (Å²) in [5.74, 6) is 0. The molecule has 0 heteroatoms. The van der Waals surface area contributed by atoms with Gasteiger partial charge in [-0.25, -0.2) is 0 Å². The molecule has 0 aliphatic heterocycles. The third-order valence-electron chi connectivity index (χ3n) is 2.19. The van der Waals surface area contributed by atoms with E-state index in [2.05, 4.69) is 44.7 Å². The van der Waals surface area contributed by atoms with E-state index in [0.717, 1.165) is 6.42 Å². The van der Waals surface area contributed by atoms with Crippen molar-refractivity contribution in [2.45, 2.75) is 20.3 Å². The second kappa shape index (κ2) is 4.66. The highest BCUT2D eigenvalue weighted by molar-refractivity contribution is 5.58. The fourth-order valence-electron chi connectivity index (χ4n) is 1.45. The molecule has 1 aromatic rings. The molecule has 68 valence electrons. The van der Waals surface area contributed by atoms with Crippen LogP contribution < -0.4 is 0 Å². The number of hydrogen-bond acceptors (Lipinski definition) is 0. The van der Waals surface area contributed by atoms with Gasteiger partial charge in [-0.15, -0.1) is 0 Å². The number of hydrogen-bond donors (Lipinski definition) is 0. The minimum absolute atomic E-state index is 1.08. The summed E-state index contributed by atoms with van der Waals surface area (Å²) in [6.07, 6.45) is 7.01. The van der Waals surface area contributed by atoms with Crippen LogP contribution in [0.4, 0.5) is 0 Å². The quantitative estimate of drug-likeness (QED) is 0.609. The molecule has 0 aliphatic rings. The van der Waals surface area contributed by atoms with Gasteiger partial charge < -0.3 is 0 Å². The Balaban J connectivity index is 3.14. The lowest BCUT2D eigenvalue weighted by Gasteiger charge is -2.06. The van der Waals surface area contributed by atoms with Crippen LogP contribution in [0.15, 0.2) is 36.9 Å². The molecule has 0 aromatic heterocycles. The van der Waals surface area contributed by atoms with Gasteiger partial charge in [0.1, 0.15) is 0 Å². The van der Waals surface area contributed by atoms with Crippen molar-refractivity contribution in [2.24, 2.45) is 0 Å². The van der Waals surface area contributed by atoms with Gasteiger partial charge in [-0.2, -0.15) is 0 Å². The lowest BCUT2D eigenvalue weighted by Crippen LogP contribution is -1.89. The molecule has 0 fully saturated rings. The molecule has 0 saturated heterocycles. The lowest BCUT2D eigenvalue weighted by atomic mass is 10.00. The molecule has 0 spiro atoms. The summed E-state index contributed by atoms with van der Waals surface area (Å²) < 4.78 is 0. The van der Waals surface area contributed by atoms with Crippen molar-refractivity contribution >= 4 is 6.08 Å². The van der Waals surface area contributed by atoms with Crippen molar-refractivity contribution in [2.75, 3.05) is 0 Å². The van der Waals surface area contributed by atoms with Crippen molar-refractivity contribution < 1.29 is 0 Å². The molecule has 0 nitrogen and oxygen atoms in total. The molecule has 0 aliphatic carbocycles. The second-order valence-corrected chi connectivity index (χ2v) is 3.10. The summed E-state index contributed by atoms with van der Waals surface area (Å²) in [5, 5.41) is 0. The first-order valence-corrected chi connectivity index (χ1v) is 4.67. The van der Waals surface area contributed by atoms with Crippen LogP contribution in [0.1, 0.15) is 23.6 Å². The second-order valence-electron chi connectivity index (χ2n) is 3.10. The fourth-order valence-corrected chi connectivity index (χ4v) is 1.45. The Bertz CT molecular complexity index is 319. The zero-order valence-corrected chi connectivity index (χ0v) is 8.38. The van der Waals surface area contributed by atoms with Crippen molar-refractivity contribution in [3.63, 3.8) is 0 Å². The first kappa shape index (κ1) is 9.79. The van der Waals surface area contributed by atoms with E-state index in [1.54, 1.807) is 0 Å². The number of rotatable bonds is 3. The van der Waals surface area contributed by atoms with Crippen molar-refractivity contribution in [3.8, 4) is 0 Å². The van der Waals surface area contributed by atoms with E-state index in [0.29, 0.717) is 0 Å². The van der Waals surface area contributed by atoms with E-state index in [1.165, 1.54) is 16.7 Å². The summed E-state index contributed by atoms with van der Waals surface area (Å²) in [6, 6.07) is 6.43. The Morgan fingerprint density at radius 3 is 2.77 bits per heavy atom. The maximum Gasteiger partial charge on any atom is -0.0195 e. The average molecular weight is 172 g/mol. The van der Waals surface area contributed by atoms with Gasteiger partial charge in [-0.05, 0) is 30.0 Å². The van der Waals surface area contributed by atoms with E-state index in [9.17, 15) is 0 Å². The van der Waals surface area contributed by atoms with Gasteiger partial charge in [0.05, 0.1) is 0 Å². The minimum atomic E-state index is 1.08. The Labute approximate surface area is 80.6 Å². The standard InChI is InChI=1S/C13H16/c1-4-6-10-13-11(3)8-7-9-12(13)5-2/h4,6-10H,1,5H2,2-3H3/b10-6-. The Morgan fingerprint density at radius 1 is 1.38 bits per heavy atom. The van der Waals surface area contributed by atoms with Crippen LogP contribution in [0.3, 0.4) is 0 Å². The normalized spacial score (nSPS) is 10.6. The number of aryl methyl sites for hydroxylation is 2. The maximum atomic E-state index is 3.67. The number of benzene rings is 1. The fraction of sp³-hybridized carbons (Fsp3) is 0.231. The third-order valence-corrected chi connectivity index (χ3v) is 2.19. The highest BCUT2D eigenvalue weighted by Crippen LogP contribution is 2.16. The Morgan fingerprint density at radius 2 is 2.15 bits per heavy atom. The molecule has 13 heavy (non-hydrogen) atoms. The highest BCUT2D eigenvalue weighted by atomic mass is 14.0. The molecule has 0 radical (unpaired) electrons. The molecule has 0 amide bonds. The van der Waals surface area contributed by atoms with Crippen LogP contribution in [0.25, 0.3) is 6.08 Å². The summed E-state index contributed by atoms with van der Waals surface area (Å²) >= 11 is 0. The van der Waals surface area contributed by atoms with Gasteiger partial charge in [-0.1, -0.05) is 49.9 Å². The predicted octanol–water partition coefficient (Wildman–Crippen LogP) is 3.76. The van der Waals surface area contributed by atoms with Crippen molar-refractivity contribution in [3.05, 3.63) is 53.6 Å². The summed E-state index contributed by atoms with van der Waals surface area (Å²) in [5.41, 5.74) is 4.07. The van der Waals surface area contributed by atoms with Gasteiger partial charge in [0.25, 0.3) is 0 Å². The van der Waals surface area contributed by atoms with Crippen LogP contribution in [-0.2, 0) is 6.42 Å². The van der Waals surface area contributed by atoms with E-state index in [4.69, 9.17) is 0 Å². The van der Waals surface area contributed by atoms with Crippen LogP contribution in [0, 0.1) is 6.92 Å². The monoisotopic (exact) mass is 172 g/mol. The van der Waals surface area contributed by atoms with Crippen molar-refractivity contribution in [1.29, 1.82) is 0 Å². The molecule has 0 atom stereocenters. The summed E-state index contributed by atoms with van der Waals surface area (Å²) in [4.78, 5) is 0. The SMILES string of the molecule is C=C/C=C\c1c(C)cccc1CC. The van der Waals surface area contributed by atoms with Crippen molar-refractivity contribution in [1.82, 2.24) is 0 Å². The first-order valence-electron chi connectivity index (χ1n) is 4.67. The smallest absolute Gasteiger partial charge is 0.0195 e.